The highest BCUT2D eigenvalue weighted by Crippen LogP contribution is 2.35. The molecule has 0 aromatic heterocycles. The Morgan fingerprint density at radius 3 is 1.96 bits per heavy atom. The van der Waals surface area contributed by atoms with Gasteiger partial charge in [-0.25, -0.2) is 18.0 Å². The highest BCUT2D eigenvalue weighted by Gasteiger charge is 2.20. The van der Waals surface area contributed by atoms with Crippen molar-refractivity contribution in [2.75, 3.05) is 0 Å². The maximum Gasteiger partial charge on any atom is 0.343 e. The smallest absolute Gasteiger partial charge is 0.343 e. The first-order valence-electron chi connectivity index (χ1n) is 9.40. The van der Waals surface area contributed by atoms with Gasteiger partial charge >= 0.3 is 5.97 Å². The van der Waals surface area contributed by atoms with Crippen molar-refractivity contribution in [2.45, 2.75) is 52.4 Å². The van der Waals surface area contributed by atoms with Crippen LogP contribution in [0.15, 0.2) is 36.4 Å². The predicted octanol–water partition coefficient (Wildman–Crippen LogP) is 6.64. The molecule has 1 aliphatic carbocycles. The first-order valence-corrected chi connectivity index (χ1v) is 9.40. The number of carbonyl (C=O) groups excluding carboxylic acids is 1. The maximum atomic E-state index is 13.2. The number of ether oxygens (including phenoxy) is 1. The van der Waals surface area contributed by atoms with Gasteiger partial charge < -0.3 is 4.74 Å². The lowest BCUT2D eigenvalue weighted by Crippen LogP contribution is -2.12. The molecule has 0 aliphatic heterocycles. The molecular weight excluding hydrogens is 353 g/mol. The zero-order valence-corrected chi connectivity index (χ0v) is 15.9. The fourth-order valence-electron chi connectivity index (χ4n) is 3.24. The summed E-state index contributed by atoms with van der Waals surface area (Å²) in [6, 6.07) is 8.37. The molecule has 146 valence electrons. The predicted molar refractivity (Wildman–Crippen MR) is 99.4 cm³/mol. The molecule has 0 heterocycles. The number of hydrogen-bond acceptors (Lipinski definition) is 2. The Bertz CT molecular complexity index is 741. The van der Waals surface area contributed by atoms with Crippen LogP contribution in [0.5, 0.6) is 5.75 Å². The molecule has 27 heavy (non-hydrogen) atoms. The van der Waals surface area contributed by atoms with Crippen molar-refractivity contribution in [3.8, 4) is 5.75 Å². The van der Waals surface area contributed by atoms with Gasteiger partial charge in [-0.05, 0) is 42.4 Å². The Kier molecular flexibility index (Phi) is 7.45. The van der Waals surface area contributed by atoms with E-state index in [2.05, 4.69) is 6.92 Å². The largest absolute Gasteiger partial charge is 0.423 e. The van der Waals surface area contributed by atoms with Crippen molar-refractivity contribution in [3.63, 3.8) is 0 Å². The minimum absolute atomic E-state index is 0.276. The molecular formula is C22H25F3O2. The van der Waals surface area contributed by atoms with Crippen LogP contribution in [0.2, 0.25) is 0 Å². The zero-order chi connectivity index (χ0) is 20.0. The van der Waals surface area contributed by atoms with Crippen molar-refractivity contribution < 1.29 is 22.7 Å². The normalized spacial score (nSPS) is 19.0. The lowest BCUT2D eigenvalue weighted by Gasteiger charge is -2.26. The lowest BCUT2D eigenvalue weighted by atomic mass is 9.79. The van der Waals surface area contributed by atoms with Crippen LogP contribution in [0.1, 0.15) is 68.3 Å². The SMILES string of the molecule is CC.CC1CCC(c2ccc(C(=O)Oc3cc(F)c(F)c(F)c3)cc2)CC1. The van der Waals surface area contributed by atoms with E-state index < -0.39 is 23.4 Å². The van der Waals surface area contributed by atoms with Gasteiger partial charge in [-0.1, -0.05) is 45.7 Å². The summed E-state index contributed by atoms with van der Waals surface area (Å²) in [5.41, 5.74) is 1.46. The maximum absolute atomic E-state index is 13.2. The zero-order valence-electron chi connectivity index (χ0n) is 15.9. The van der Waals surface area contributed by atoms with Gasteiger partial charge in [0.2, 0.25) is 0 Å². The molecule has 3 rings (SSSR count). The number of carbonyl (C=O) groups is 1. The Balaban J connectivity index is 0.00000126. The monoisotopic (exact) mass is 378 g/mol. The molecule has 0 unspecified atom stereocenters. The summed E-state index contributed by atoms with van der Waals surface area (Å²) in [6.45, 7) is 6.26. The van der Waals surface area contributed by atoms with E-state index in [9.17, 15) is 18.0 Å². The van der Waals surface area contributed by atoms with Crippen LogP contribution in [0.4, 0.5) is 13.2 Å². The average Bonchev–Trinajstić information content (AvgIpc) is 2.68. The van der Waals surface area contributed by atoms with E-state index >= 15 is 0 Å². The Hall–Kier alpha value is -2.30. The Morgan fingerprint density at radius 1 is 0.926 bits per heavy atom. The number of hydrogen-bond donors (Lipinski definition) is 0. The summed E-state index contributed by atoms with van der Waals surface area (Å²) in [7, 11) is 0. The lowest BCUT2D eigenvalue weighted by molar-refractivity contribution is 0.0733. The number of halogens is 3. The second-order valence-electron chi connectivity index (χ2n) is 6.67. The van der Waals surface area contributed by atoms with E-state index in [4.69, 9.17) is 4.74 Å². The molecule has 0 atom stereocenters. The third kappa shape index (κ3) is 5.34. The van der Waals surface area contributed by atoms with Gasteiger partial charge in [0.15, 0.2) is 17.5 Å². The van der Waals surface area contributed by atoms with Crippen LogP contribution < -0.4 is 4.74 Å². The quantitative estimate of drug-likeness (QED) is 0.340. The van der Waals surface area contributed by atoms with Crippen LogP contribution in [-0.4, -0.2) is 5.97 Å². The summed E-state index contributed by atoms with van der Waals surface area (Å²) in [5.74, 6) is -4.23. The molecule has 1 saturated carbocycles. The number of esters is 1. The molecule has 2 aromatic carbocycles. The minimum Gasteiger partial charge on any atom is -0.423 e. The molecule has 1 fully saturated rings. The van der Waals surface area contributed by atoms with E-state index in [1.807, 2.05) is 26.0 Å². The van der Waals surface area contributed by atoms with Crippen molar-refractivity contribution in [3.05, 3.63) is 65.0 Å². The van der Waals surface area contributed by atoms with Gasteiger partial charge in [0.25, 0.3) is 0 Å². The van der Waals surface area contributed by atoms with Gasteiger partial charge in [-0.15, -0.1) is 0 Å². The molecule has 5 heteroatoms. The summed E-state index contributed by atoms with van der Waals surface area (Å²) in [5, 5.41) is 0. The molecule has 0 radical (unpaired) electrons. The van der Waals surface area contributed by atoms with Crippen molar-refractivity contribution in [1.29, 1.82) is 0 Å². The van der Waals surface area contributed by atoms with Crippen LogP contribution in [0.25, 0.3) is 0 Å². The molecule has 0 amide bonds. The molecule has 0 saturated heterocycles. The van der Waals surface area contributed by atoms with Crippen molar-refractivity contribution in [1.82, 2.24) is 0 Å². The van der Waals surface area contributed by atoms with Crippen LogP contribution >= 0.6 is 0 Å². The van der Waals surface area contributed by atoms with Crippen LogP contribution in [0, 0.1) is 23.4 Å². The van der Waals surface area contributed by atoms with Crippen molar-refractivity contribution in [2.24, 2.45) is 5.92 Å². The highest BCUT2D eigenvalue weighted by molar-refractivity contribution is 5.91. The average molecular weight is 378 g/mol. The second-order valence-corrected chi connectivity index (χ2v) is 6.67. The van der Waals surface area contributed by atoms with Gasteiger partial charge in [0.05, 0.1) is 5.56 Å². The van der Waals surface area contributed by atoms with Crippen molar-refractivity contribution >= 4 is 5.97 Å². The minimum atomic E-state index is -1.59. The Morgan fingerprint density at radius 2 is 1.44 bits per heavy atom. The first-order chi connectivity index (χ1) is 12.9. The van der Waals surface area contributed by atoms with Crippen LogP contribution in [0.3, 0.4) is 0 Å². The van der Waals surface area contributed by atoms with Gasteiger partial charge in [-0.3, -0.25) is 0 Å². The summed E-state index contributed by atoms with van der Waals surface area (Å²) >= 11 is 0. The third-order valence-electron chi connectivity index (χ3n) is 4.80. The molecule has 0 N–H and O–H groups in total. The van der Waals surface area contributed by atoms with E-state index in [1.54, 1.807) is 12.1 Å². The molecule has 2 aromatic rings. The van der Waals surface area contributed by atoms with Gasteiger partial charge in [-0.2, -0.15) is 0 Å². The van der Waals surface area contributed by atoms with Gasteiger partial charge in [0, 0.05) is 12.1 Å². The van der Waals surface area contributed by atoms with E-state index in [0.29, 0.717) is 18.1 Å². The highest BCUT2D eigenvalue weighted by atomic mass is 19.2. The molecule has 1 aliphatic rings. The number of rotatable bonds is 3. The standard InChI is InChI=1S/C20H19F3O2.C2H6/c1-12-2-4-13(5-3-12)14-6-8-15(9-7-14)20(24)25-16-10-17(21)19(23)18(22)11-16;1-2/h6-13H,2-5H2,1H3;1-2H3. The summed E-state index contributed by atoms with van der Waals surface area (Å²) in [6.07, 6.45) is 4.69. The fourth-order valence-corrected chi connectivity index (χ4v) is 3.24. The summed E-state index contributed by atoms with van der Waals surface area (Å²) in [4.78, 5) is 12.1. The third-order valence-corrected chi connectivity index (χ3v) is 4.80. The first kappa shape index (κ1) is 21.0. The Labute approximate surface area is 158 Å². The number of benzene rings is 2. The molecule has 0 bridgehead atoms. The molecule has 0 spiro atoms. The molecule has 2 nitrogen and oxygen atoms in total. The van der Waals surface area contributed by atoms with Gasteiger partial charge in [0.1, 0.15) is 5.75 Å². The van der Waals surface area contributed by atoms with E-state index in [1.165, 1.54) is 18.4 Å². The second kappa shape index (κ2) is 9.58. The topological polar surface area (TPSA) is 26.3 Å². The van der Waals surface area contributed by atoms with E-state index in [0.717, 1.165) is 18.8 Å². The van der Waals surface area contributed by atoms with Crippen LogP contribution in [-0.2, 0) is 0 Å². The summed E-state index contributed by atoms with van der Waals surface area (Å²) < 4.78 is 44.2. The fraction of sp³-hybridized carbons (Fsp3) is 0.409. The van der Waals surface area contributed by atoms with E-state index in [-0.39, 0.29) is 11.3 Å².